The Hall–Kier alpha value is -0.540. The van der Waals surface area contributed by atoms with E-state index in [1.54, 1.807) is 0 Å². The number of halogens is 2. The van der Waals surface area contributed by atoms with Gasteiger partial charge in [-0.1, -0.05) is 27.5 Å². The lowest BCUT2D eigenvalue weighted by Gasteiger charge is -1.99. The molecule has 0 unspecified atom stereocenters. The Morgan fingerprint density at radius 1 is 1.55 bits per heavy atom. The fraction of sp³-hybridized carbons (Fsp3) is 0. The van der Waals surface area contributed by atoms with Crippen molar-refractivity contribution in [1.29, 1.82) is 0 Å². The fourth-order valence-corrected chi connectivity index (χ4v) is 1.51. The maximum atomic E-state index is 10.3. The van der Waals surface area contributed by atoms with Gasteiger partial charge >= 0.3 is 0 Å². The zero-order valence-corrected chi connectivity index (χ0v) is 7.69. The number of carbonyl (C=O) groups excluding carboxylic acids is 1. The van der Waals surface area contributed by atoms with Crippen LogP contribution in [0.15, 0.2) is 16.6 Å². The van der Waals surface area contributed by atoms with Crippen molar-refractivity contribution in [3.63, 3.8) is 0 Å². The van der Waals surface area contributed by atoms with Gasteiger partial charge in [0.1, 0.15) is 5.75 Å². The number of carbonyl (C=O) groups is 1. The SMILES string of the molecule is O=Cc1cc(Br)cc(Cl)c1O. The molecule has 0 saturated heterocycles. The maximum Gasteiger partial charge on any atom is 0.153 e. The molecule has 0 saturated carbocycles. The van der Waals surface area contributed by atoms with E-state index in [0.717, 1.165) is 0 Å². The van der Waals surface area contributed by atoms with Crippen molar-refractivity contribution >= 4 is 33.8 Å². The first kappa shape index (κ1) is 8.56. The molecule has 0 aliphatic carbocycles. The molecule has 1 aromatic rings. The van der Waals surface area contributed by atoms with E-state index in [-0.39, 0.29) is 16.3 Å². The predicted octanol–water partition coefficient (Wildman–Crippen LogP) is 2.62. The number of aldehydes is 1. The summed E-state index contributed by atoms with van der Waals surface area (Å²) in [7, 11) is 0. The molecule has 1 aromatic carbocycles. The van der Waals surface area contributed by atoms with Gasteiger partial charge in [-0.15, -0.1) is 0 Å². The van der Waals surface area contributed by atoms with E-state index in [4.69, 9.17) is 16.7 Å². The first-order valence-electron chi connectivity index (χ1n) is 2.78. The van der Waals surface area contributed by atoms with Gasteiger partial charge in [0.05, 0.1) is 10.6 Å². The molecule has 0 aromatic heterocycles. The average molecular weight is 235 g/mol. The minimum Gasteiger partial charge on any atom is -0.506 e. The molecule has 1 N–H and O–H groups in total. The molecular weight excluding hydrogens is 231 g/mol. The van der Waals surface area contributed by atoms with E-state index in [9.17, 15) is 4.79 Å². The Labute approximate surface area is 76.9 Å². The topological polar surface area (TPSA) is 37.3 Å². The zero-order valence-electron chi connectivity index (χ0n) is 5.34. The molecule has 0 amide bonds. The Balaban J connectivity index is 3.35. The van der Waals surface area contributed by atoms with E-state index in [1.807, 2.05) is 0 Å². The van der Waals surface area contributed by atoms with Crippen molar-refractivity contribution in [2.24, 2.45) is 0 Å². The molecule has 2 nitrogen and oxygen atoms in total. The van der Waals surface area contributed by atoms with Gasteiger partial charge in [-0.05, 0) is 12.1 Å². The molecule has 11 heavy (non-hydrogen) atoms. The molecule has 0 aliphatic heterocycles. The van der Waals surface area contributed by atoms with E-state index in [1.165, 1.54) is 12.1 Å². The van der Waals surface area contributed by atoms with Crippen molar-refractivity contribution in [1.82, 2.24) is 0 Å². The predicted molar refractivity (Wildman–Crippen MR) is 46.2 cm³/mol. The minimum absolute atomic E-state index is 0.168. The van der Waals surface area contributed by atoms with Crippen LogP contribution in [0.5, 0.6) is 5.75 Å². The molecule has 0 bridgehead atoms. The van der Waals surface area contributed by atoms with Crippen LogP contribution in [0.3, 0.4) is 0 Å². The normalized spacial score (nSPS) is 9.64. The quantitative estimate of drug-likeness (QED) is 0.760. The molecule has 0 spiro atoms. The third-order valence-corrected chi connectivity index (χ3v) is 1.93. The Kier molecular flexibility index (Phi) is 2.52. The molecule has 0 heterocycles. The second-order valence-electron chi connectivity index (χ2n) is 1.94. The molecule has 0 atom stereocenters. The van der Waals surface area contributed by atoms with Crippen molar-refractivity contribution in [2.45, 2.75) is 0 Å². The lowest BCUT2D eigenvalue weighted by molar-refractivity contribution is 0.112. The molecule has 58 valence electrons. The van der Waals surface area contributed by atoms with Gasteiger partial charge in [0.25, 0.3) is 0 Å². The highest BCUT2D eigenvalue weighted by atomic mass is 79.9. The highest BCUT2D eigenvalue weighted by Crippen LogP contribution is 2.29. The first-order valence-corrected chi connectivity index (χ1v) is 3.95. The first-order chi connectivity index (χ1) is 5.15. The van der Waals surface area contributed by atoms with Gasteiger partial charge in [0.2, 0.25) is 0 Å². The lowest BCUT2D eigenvalue weighted by Crippen LogP contribution is -1.81. The summed E-state index contributed by atoms with van der Waals surface area (Å²) in [5, 5.41) is 9.31. The standard InChI is InChI=1S/C7H4BrClO2/c8-5-1-4(3-10)7(11)6(9)2-5/h1-3,11H. The summed E-state index contributed by atoms with van der Waals surface area (Å²) in [5.74, 6) is -0.176. The van der Waals surface area contributed by atoms with E-state index in [2.05, 4.69) is 15.9 Å². The highest BCUT2D eigenvalue weighted by Gasteiger charge is 2.05. The minimum atomic E-state index is -0.176. The van der Waals surface area contributed by atoms with Crippen LogP contribution in [0, 0.1) is 0 Å². The number of benzene rings is 1. The molecule has 1 rings (SSSR count). The number of hydrogen-bond donors (Lipinski definition) is 1. The number of aromatic hydroxyl groups is 1. The van der Waals surface area contributed by atoms with Gasteiger partial charge in [-0.25, -0.2) is 0 Å². The van der Waals surface area contributed by atoms with Crippen LogP contribution in [0.1, 0.15) is 10.4 Å². The van der Waals surface area contributed by atoms with Crippen molar-refractivity contribution in [2.75, 3.05) is 0 Å². The van der Waals surface area contributed by atoms with E-state index in [0.29, 0.717) is 10.8 Å². The van der Waals surface area contributed by atoms with Crippen molar-refractivity contribution in [3.8, 4) is 5.75 Å². The van der Waals surface area contributed by atoms with E-state index < -0.39 is 0 Å². The van der Waals surface area contributed by atoms with Crippen LogP contribution >= 0.6 is 27.5 Å². The summed E-state index contributed by atoms with van der Waals surface area (Å²) in [5.41, 5.74) is 0.185. The van der Waals surface area contributed by atoms with Gasteiger partial charge in [-0.3, -0.25) is 4.79 Å². The number of hydrogen-bond acceptors (Lipinski definition) is 2. The van der Waals surface area contributed by atoms with Crippen molar-refractivity contribution in [3.05, 3.63) is 27.2 Å². The van der Waals surface area contributed by atoms with Crippen molar-refractivity contribution < 1.29 is 9.90 Å². The van der Waals surface area contributed by atoms with E-state index >= 15 is 0 Å². The summed E-state index contributed by atoms with van der Waals surface area (Å²) in [6, 6.07) is 3.01. The Morgan fingerprint density at radius 3 is 2.73 bits per heavy atom. The summed E-state index contributed by atoms with van der Waals surface area (Å²) < 4.78 is 0.669. The molecule has 0 fully saturated rings. The van der Waals surface area contributed by atoms with Gasteiger partial charge in [0.15, 0.2) is 6.29 Å². The summed E-state index contributed by atoms with van der Waals surface area (Å²) in [6.07, 6.45) is 0.548. The smallest absolute Gasteiger partial charge is 0.153 e. The molecular formula is C7H4BrClO2. The van der Waals surface area contributed by atoms with Crippen LogP contribution < -0.4 is 0 Å². The maximum absolute atomic E-state index is 10.3. The van der Waals surface area contributed by atoms with Gasteiger partial charge < -0.3 is 5.11 Å². The highest BCUT2D eigenvalue weighted by molar-refractivity contribution is 9.10. The monoisotopic (exact) mass is 234 g/mol. The fourth-order valence-electron chi connectivity index (χ4n) is 0.676. The second-order valence-corrected chi connectivity index (χ2v) is 3.27. The van der Waals surface area contributed by atoms with Gasteiger partial charge in [-0.2, -0.15) is 0 Å². The van der Waals surface area contributed by atoms with Gasteiger partial charge in [0, 0.05) is 4.47 Å². The third-order valence-electron chi connectivity index (χ3n) is 1.18. The van der Waals surface area contributed by atoms with Crippen LogP contribution in [0.2, 0.25) is 5.02 Å². The summed E-state index contributed by atoms with van der Waals surface area (Å²) in [4.78, 5) is 10.3. The average Bonchev–Trinajstić information content (AvgIpc) is 1.96. The Morgan fingerprint density at radius 2 is 2.18 bits per heavy atom. The zero-order chi connectivity index (χ0) is 8.43. The van der Waals surface area contributed by atoms with Crippen LogP contribution in [-0.2, 0) is 0 Å². The summed E-state index contributed by atoms with van der Waals surface area (Å²) in [6.45, 7) is 0. The molecule has 0 aliphatic rings. The Bertz CT molecular complexity index is 299. The second kappa shape index (κ2) is 3.24. The largest absolute Gasteiger partial charge is 0.506 e. The summed E-state index contributed by atoms with van der Waals surface area (Å²) >= 11 is 8.69. The van der Waals surface area contributed by atoms with Crippen LogP contribution in [0.25, 0.3) is 0 Å². The third kappa shape index (κ3) is 1.73. The molecule has 4 heteroatoms. The number of phenols is 1. The van der Waals surface area contributed by atoms with Crippen LogP contribution in [0.4, 0.5) is 0 Å². The number of rotatable bonds is 1. The van der Waals surface area contributed by atoms with Crippen LogP contribution in [-0.4, -0.2) is 11.4 Å². The lowest BCUT2D eigenvalue weighted by atomic mass is 10.2. The number of phenolic OH excluding ortho intramolecular Hbond substituents is 1. The molecule has 0 radical (unpaired) electrons.